The number of aryl methyl sites for hydroxylation is 1. The first kappa shape index (κ1) is 17.5. The van der Waals surface area contributed by atoms with Crippen LogP contribution in [-0.2, 0) is 11.2 Å². The summed E-state index contributed by atoms with van der Waals surface area (Å²) in [4.78, 5) is 29.3. The second-order valence-corrected chi connectivity index (χ2v) is 6.92. The summed E-state index contributed by atoms with van der Waals surface area (Å²) in [6, 6.07) is 8.63. The molecule has 1 aromatic heterocycles. The van der Waals surface area contributed by atoms with E-state index >= 15 is 0 Å². The molecule has 1 aliphatic heterocycles. The van der Waals surface area contributed by atoms with Crippen molar-refractivity contribution < 1.29 is 9.53 Å². The molecule has 6 nitrogen and oxygen atoms in total. The van der Waals surface area contributed by atoms with Crippen molar-refractivity contribution in [3.63, 3.8) is 0 Å². The van der Waals surface area contributed by atoms with Gasteiger partial charge >= 0.3 is 0 Å². The van der Waals surface area contributed by atoms with E-state index in [1.807, 2.05) is 18.2 Å². The Bertz CT molecular complexity index is 835. The standard InChI is InChI=1S/C18H21N3O3S/c1-3-5-12-9-17(23)21-14(11-25-18(21)20-12)10-16(22)19-13-6-4-7-15(8-13)24-2/h4,6-9,14H,3,5,10-11H2,1-2H3,(H,19,22). The minimum absolute atomic E-state index is 0.0716. The van der Waals surface area contributed by atoms with Crippen LogP contribution in [0.2, 0.25) is 0 Å². The van der Waals surface area contributed by atoms with E-state index in [-0.39, 0.29) is 23.9 Å². The summed E-state index contributed by atoms with van der Waals surface area (Å²) in [6.07, 6.45) is 1.99. The second-order valence-electron chi connectivity index (χ2n) is 5.94. The fourth-order valence-electron chi connectivity index (χ4n) is 2.86. The van der Waals surface area contributed by atoms with Gasteiger partial charge in [0.25, 0.3) is 5.56 Å². The van der Waals surface area contributed by atoms with Gasteiger partial charge in [-0.3, -0.25) is 14.2 Å². The van der Waals surface area contributed by atoms with Crippen LogP contribution in [0.3, 0.4) is 0 Å². The number of benzene rings is 1. The molecular formula is C18H21N3O3S. The highest BCUT2D eigenvalue weighted by Crippen LogP contribution is 2.32. The van der Waals surface area contributed by atoms with Gasteiger partial charge in [0.15, 0.2) is 5.16 Å². The van der Waals surface area contributed by atoms with E-state index in [9.17, 15) is 9.59 Å². The number of amides is 1. The van der Waals surface area contributed by atoms with Gasteiger partial charge in [-0.15, -0.1) is 0 Å². The van der Waals surface area contributed by atoms with Crippen molar-refractivity contribution >= 4 is 23.4 Å². The number of thioether (sulfide) groups is 1. The molecule has 2 aromatic rings. The molecule has 1 aromatic carbocycles. The van der Waals surface area contributed by atoms with Crippen LogP contribution in [0.4, 0.5) is 5.69 Å². The Kier molecular flexibility index (Phi) is 5.43. The number of carbonyl (C=O) groups is 1. The third-order valence-electron chi connectivity index (χ3n) is 4.02. The lowest BCUT2D eigenvalue weighted by atomic mass is 10.2. The van der Waals surface area contributed by atoms with Crippen LogP contribution < -0.4 is 15.6 Å². The number of nitrogens with one attached hydrogen (secondary N) is 1. The van der Waals surface area contributed by atoms with Crippen LogP contribution >= 0.6 is 11.8 Å². The van der Waals surface area contributed by atoms with Gasteiger partial charge < -0.3 is 10.1 Å². The average Bonchev–Trinajstić information content (AvgIpc) is 2.98. The van der Waals surface area contributed by atoms with Gasteiger partial charge in [-0.2, -0.15) is 0 Å². The molecule has 2 heterocycles. The summed E-state index contributed by atoms with van der Waals surface area (Å²) in [6.45, 7) is 2.06. The number of hydrogen-bond donors (Lipinski definition) is 1. The van der Waals surface area contributed by atoms with Crippen LogP contribution in [0, 0.1) is 0 Å². The van der Waals surface area contributed by atoms with Gasteiger partial charge in [0.1, 0.15) is 5.75 Å². The quantitative estimate of drug-likeness (QED) is 0.803. The fourth-order valence-corrected chi connectivity index (χ4v) is 4.03. The Labute approximate surface area is 150 Å². The molecule has 1 unspecified atom stereocenters. The number of aromatic nitrogens is 2. The number of anilines is 1. The number of carbonyl (C=O) groups excluding carboxylic acids is 1. The lowest BCUT2D eigenvalue weighted by Gasteiger charge is -2.14. The largest absolute Gasteiger partial charge is 0.497 e. The summed E-state index contributed by atoms with van der Waals surface area (Å²) in [5.74, 6) is 1.24. The van der Waals surface area contributed by atoms with Gasteiger partial charge in [-0.1, -0.05) is 31.2 Å². The number of nitrogens with zero attached hydrogens (tertiary/aromatic N) is 2. The highest BCUT2D eigenvalue weighted by Gasteiger charge is 2.27. The first-order chi connectivity index (χ1) is 12.1. The van der Waals surface area contributed by atoms with Crippen molar-refractivity contribution in [2.75, 3.05) is 18.2 Å². The van der Waals surface area contributed by atoms with Gasteiger partial charge in [0.2, 0.25) is 5.91 Å². The molecule has 1 amide bonds. The maximum atomic E-state index is 12.4. The second kappa shape index (κ2) is 7.74. The third-order valence-corrected chi connectivity index (χ3v) is 5.12. The lowest BCUT2D eigenvalue weighted by molar-refractivity contribution is -0.116. The van der Waals surface area contributed by atoms with Crippen molar-refractivity contribution in [1.29, 1.82) is 0 Å². The SMILES string of the molecule is CCCc1cc(=O)n2c(n1)SCC2CC(=O)Nc1cccc(OC)c1. The minimum Gasteiger partial charge on any atom is -0.497 e. The van der Waals surface area contributed by atoms with E-state index in [1.165, 1.54) is 11.8 Å². The molecule has 0 saturated heterocycles. The minimum atomic E-state index is -0.165. The molecule has 1 N–H and O–H groups in total. The molecule has 1 atom stereocenters. The zero-order valence-electron chi connectivity index (χ0n) is 14.3. The first-order valence-corrected chi connectivity index (χ1v) is 9.28. The summed E-state index contributed by atoms with van der Waals surface area (Å²) in [5.41, 5.74) is 1.43. The summed E-state index contributed by atoms with van der Waals surface area (Å²) in [7, 11) is 1.58. The van der Waals surface area contributed by atoms with E-state index in [4.69, 9.17) is 4.74 Å². The molecule has 25 heavy (non-hydrogen) atoms. The Hall–Kier alpha value is -2.28. The van der Waals surface area contributed by atoms with E-state index in [2.05, 4.69) is 17.2 Å². The Morgan fingerprint density at radius 1 is 1.44 bits per heavy atom. The number of rotatable bonds is 6. The first-order valence-electron chi connectivity index (χ1n) is 8.30. The molecule has 0 saturated carbocycles. The number of hydrogen-bond acceptors (Lipinski definition) is 5. The van der Waals surface area contributed by atoms with Crippen molar-refractivity contribution in [2.24, 2.45) is 0 Å². The van der Waals surface area contributed by atoms with Gasteiger partial charge in [0, 0.05) is 35.7 Å². The maximum Gasteiger partial charge on any atom is 0.254 e. The van der Waals surface area contributed by atoms with Crippen LogP contribution in [0.5, 0.6) is 5.75 Å². The Morgan fingerprint density at radius 3 is 3.04 bits per heavy atom. The normalized spacial score (nSPS) is 15.7. The highest BCUT2D eigenvalue weighted by molar-refractivity contribution is 7.99. The van der Waals surface area contributed by atoms with E-state index in [1.54, 1.807) is 23.8 Å². The fraction of sp³-hybridized carbons (Fsp3) is 0.389. The predicted octanol–water partition coefficient (Wildman–Crippen LogP) is 2.88. The molecule has 3 rings (SSSR count). The zero-order valence-corrected chi connectivity index (χ0v) is 15.1. The molecular weight excluding hydrogens is 338 g/mol. The molecule has 0 radical (unpaired) electrons. The topological polar surface area (TPSA) is 73.2 Å². The average molecular weight is 359 g/mol. The van der Waals surface area contributed by atoms with Crippen LogP contribution in [-0.4, -0.2) is 28.3 Å². The Morgan fingerprint density at radius 2 is 2.28 bits per heavy atom. The smallest absolute Gasteiger partial charge is 0.254 e. The zero-order chi connectivity index (χ0) is 17.8. The van der Waals surface area contributed by atoms with Crippen molar-refractivity contribution in [3.05, 3.63) is 46.4 Å². The summed E-state index contributed by atoms with van der Waals surface area (Å²) in [5, 5.41) is 3.58. The summed E-state index contributed by atoms with van der Waals surface area (Å²) >= 11 is 1.54. The Balaban J connectivity index is 1.71. The van der Waals surface area contributed by atoms with Gasteiger partial charge in [-0.05, 0) is 18.6 Å². The number of ether oxygens (including phenoxy) is 1. The lowest BCUT2D eigenvalue weighted by Crippen LogP contribution is -2.27. The van der Waals surface area contributed by atoms with E-state index in [0.717, 1.165) is 23.7 Å². The van der Waals surface area contributed by atoms with Crippen LogP contribution in [0.15, 0.2) is 40.3 Å². The van der Waals surface area contributed by atoms with E-state index < -0.39 is 0 Å². The maximum absolute atomic E-state index is 12.4. The van der Waals surface area contributed by atoms with Crippen molar-refractivity contribution in [1.82, 2.24) is 9.55 Å². The molecule has 0 aliphatic carbocycles. The molecule has 132 valence electrons. The van der Waals surface area contributed by atoms with E-state index in [0.29, 0.717) is 17.2 Å². The van der Waals surface area contributed by atoms with Crippen LogP contribution in [0.1, 0.15) is 31.5 Å². The number of methoxy groups -OCH3 is 1. The number of fused-ring (bicyclic) bond motifs is 1. The molecule has 0 bridgehead atoms. The van der Waals surface area contributed by atoms with Crippen molar-refractivity contribution in [2.45, 2.75) is 37.4 Å². The van der Waals surface area contributed by atoms with Crippen LogP contribution in [0.25, 0.3) is 0 Å². The van der Waals surface area contributed by atoms with Crippen molar-refractivity contribution in [3.8, 4) is 5.75 Å². The molecule has 0 fully saturated rings. The molecule has 0 spiro atoms. The monoisotopic (exact) mass is 359 g/mol. The molecule has 7 heteroatoms. The highest BCUT2D eigenvalue weighted by atomic mass is 32.2. The predicted molar refractivity (Wildman–Crippen MR) is 98.5 cm³/mol. The third kappa shape index (κ3) is 4.04. The van der Waals surface area contributed by atoms with Gasteiger partial charge in [0.05, 0.1) is 13.2 Å². The van der Waals surface area contributed by atoms with Gasteiger partial charge in [-0.25, -0.2) is 4.98 Å². The molecule has 1 aliphatic rings. The summed E-state index contributed by atoms with van der Waals surface area (Å²) < 4.78 is 6.80.